The highest BCUT2D eigenvalue weighted by atomic mass is 32.2. The van der Waals surface area contributed by atoms with E-state index in [0.29, 0.717) is 11.1 Å². The SMILES string of the molecule is COC(C)c1oc(-c2cc(F)ccc2C)nc1S(=O)(=O)c1ccccc1. The number of halogens is 1. The fourth-order valence-corrected chi connectivity index (χ4v) is 3.94. The second-order valence-corrected chi connectivity index (χ2v) is 7.71. The molecule has 1 atom stereocenters. The number of methoxy groups -OCH3 is 1. The van der Waals surface area contributed by atoms with Crippen LogP contribution in [-0.2, 0) is 14.6 Å². The average Bonchev–Trinajstić information content (AvgIpc) is 3.10. The minimum atomic E-state index is -3.91. The van der Waals surface area contributed by atoms with E-state index < -0.39 is 21.8 Å². The number of hydrogen-bond acceptors (Lipinski definition) is 5. The van der Waals surface area contributed by atoms with Gasteiger partial charge in [-0.15, -0.1) is 0 Å². The monoisotopic (exact) mass is 375 g/mol. The van der Waals surface area contributed by atoms with Crippen LogP contribution in [0.5, 0.6) is 0 Å². The second kappa shape index (κ2) is 7.01. The number of ether oxygens (including phenoxy) is 1. The summed E-state index contributed by atoms with van der Waals surface area (Å²) in [5.74, 6) is -0.344. The van der Waals surface area contributed by atoms with Crippen LogP contribution in [-0.4, -0.2) is 20.5 Å². The number of oxazole rings is 1. The third-order valence-corrected chi connectivity index (χ3v) is 5.78. The van der Waals surface area contributed by atoms with E-state index in [4.69, 9.17) is 9.15 Å². The Hall–Kier alpha value is -2.51. The van der Waals surface area contributed by atoms with Crippen LogP contribution in [0, 0.1) is 12.7 Å². The molecule has 1 unspecified atom stereocenters. The van der Waals surface area contributed by atoms with Crippen LogP contribution in [0.25, 0.3) is 11.5 Å². The molecule has 1 heterocycles. The number of nitrogens with zero attached hydrogens (tertiary/aromatic N) is 1. The topological polar surface area (TPSA) is 69.4 Å². The molecule has 0 aliphatic heterocycles. The van der Waals surface area contributed by atoms with Crippen LogP contribution < -0.4 is 0 Å². The lowest BCUT2D eigenvalue weighted by Gasteiger charge is -2.08. The van der Waals surface area contributed by atoms with E-state index in [-0.39, 0.29) is 21.6 Å². The van der Waals surface area contributed by atoms with E-state index >= 15 is 0 Å². The van der Waals surface area contributed by atoms with Gasteiger partial charge >= 0.3 is 0 Å². The predicted molar refractivity (Wildman–Crippen MR) is 94.0 cm³/mol. The Morgan fingerprint density at radius 2 is 1.85 bits per heavy atom. The van der Waals surface area contributed by atoms with Crippen molar-refractivity contribution in [2.24, 2.45) is 0 Å². The molecule has 0 spiro atoms. The van der Waals surface area contributed by atoms with E-state index in [0.717, 1.165) is 0 Å². The van der Waals surface area contributed by atoms with Crippen LogP contribution in [0.15, 0.2) is 62.9 Å². The molecule has 26 heavy (non-hydrogen) atoms. The fraction of sp³-hybridized carbons (Fsp3) is 0.211. The molecule has 7 heteroatoms. The Morgan fingerprint density at radius 3 is 2.50 bits per heavy atom. The first-order valence-electron chi connectivity index (χ1n) is 7.94. The summed E-state index contributed by atoms with van der Waals surface area (Å²) in [4.78, 5) is 4.30. The molecular formula is C19H18FNO4S. The summed E-state index contributed by atoms with van der Waals surface area (Å²) in [6.07, 6.45) is -0.640. The highest BCUT2D eigenvalue weighted by molar-refractivity contribution is 7.91. The van der Waals surface area contributed by atoms with Crippen molar-refractivity contribution >= 4 is 9.84 Å². The minimum absolute atomic E-state index is 0.0374. The number of aryl methyl sites for hydroxylation is 1. The summed E-state index contributed by atoms with van der Waals surface area (Å²) in [6.45, 7) is 3.43. The van der Waals surface area contributed by atoms with Crippen molar-refractivity contribution in [3.8, 4) is 11.5 Å². The second-order valence-electron chi connectivity index (χ2n) is 5.84. The normalized spacial score (nSPS) is 12.9. The molecule has 1 aromatic heterocycles. The molecule has 136 valence electrons. The molecular weight excluding hydrogens is 357 g/mol. The van der Waals surface area contributed by atoms with Crippen molar-refractivity contribution < 1.29 is 22.0 Å². The quantitative estimate of drug-likeness (QED) is 0.664. The zero-order valence-electron chi connectivity index (χ0n) is 14.6. The zero-order chi connectivity index (χ0) is 18.9. The van der Waals surface area contributed by atoms with Gasteiger partial charge in [-0.3, -0.25) is 0 Å². The van der Waals surface area contributed by atoms with Gasteiger partial charge in [0.25, 0.3) is 0 Å². The highest BCUT2D eigenvalue weighted by Gasteiger charge is 2.31. The predicted octanol–water partition coefficient (Wildman–Crippen LogP) is 4.33. The summed E-state index contributed by atoms with van der Waals surface area (Å²) >= 11 is 0. The average molecular weight is 375 g/mol. The number of benzene rings is 2. The van der Waals surface area contributed by atoms with Crippen molar-refractivity contribution in [1.82, 2.24) is 4.98 Å². The van der Waals surface area contributed by atoms with Crippen molar-refractivity contribution in [2.75, 3.05) is 7.11 Å². The maximum absolute atomic E-state index is 13.7. The smallest absolute Gasteiger partial charge is 0.228 e. The van der Waals surface area contributed by atoms with Gasteiger partial charge in [0.1, 0.15) is 11.9 Å². The van der Waals surface area contributed by atoms with Crippen LogP contribution in [0.4, 0.5) is 4.39 Å². The summed E-state index contributed by atoms with van der Waals surface area (Å²) in [5.41, 5.74) is 1.11. The Kier molecular flexibility index (Phi) is 4.93. The van der Waals surface area contributed by atoms with Gasteiger partial charge in [-0.1, -0.05) is 24.3 Å². The Morgan fingerprint density at radius 1 is 1.15 bits per heavy atom. The summed E-state index contributed by atoms with van der Waals surface area (Å²) in [7, 11) is -2.47. The van der Waals surface area contributed by atoms with E-state index in [1.165, 1.54) is 31.4 Å². The first kappa shape index (κ1) is 18.3. The van der Waals surface area contributed by atoms with Gasteiger partial charge in [0.15, 0.2) is 5.76 Å². The Labute approximate surface area is 151 Å². The standard InChI is InChI=1S/C19H18FNO4S/c1-12-9-10-14(20)11-16(12)18-21-19(17(25-18)13(2)24-3)26(22,23)15-7-5-4-6-8-15/h4-11,13H,1-3H3. The number of sulfone groups is 1. The number of hydrogen-bond donors (Lipinski definition) is 0. The van der Waals surface area contributed by atoms with E-state index in [1.807, 2.05) is 0 Å². The summed E-state index contributed by atoms with van der Waals surface area (Å²) in [6, 6.07) is 12.1. The Bertz CT molecular complexity index is 1030. The van der Waals surface area contributed by atoms with E-state index in [9.17, 15) is 12.8 Å². The molecule has 0 saturated heterocycles. The fourth-order valence-electron chi connectivity index (χ4n) is 2.53. The van der Waals surface area contributed by atoms with Gasteiger partial charge in [-0.25, -0.2) is 12.8 Å². The summed E-state index contributed by atoms with van der Waals surface area (Å²) < 4.78 is 50.6. The van der Waals surface area contributed by atoms with Gasteiger partial charge < -0.3 is 9.15 Å². The van der Waals surface area contributed by atoms with Crippen LogP contribution in [0.1, 0.15) is 24.4 Å². The van der Waals surface area contributed by atoms with Crippen LogP contribution in [0.2, 0.25) is 0 Å². The number of rotatable bonds is 5. The largest absolute Gasteiger partial charge is 0.437 e. The molecule has 5 nitrogen and oxygen atoms in total. The molecule has 3 aromatic rings. The van der Waals surface area contributed by atoms with Crippen molar-refractivity contribution in [3.63, 3.8) is 0 Å². The molecule has 0 aliphatic rings. The molecule has 2 aromatic carbocycles. The molecule has 0 N–H and O–H groups in total. The van der Waals surface area contributed by atoms with Crippen LogP contribution in [0.3, 0.4) is 0 Å². The van der Waals surface area contributed by atoms with Crippen molar-refractivity contribution in [2.45, 2.75) is 29.9 Å². The van der Waals surface area contributed by atoms with Gasteiger partial charge in [-0.05, 0) is 43.7 Å². The van der Waals surface area contributed by atoms with Gasteiger partial charge in [-0.2, -0.15) is 4.98 Å². The first-order chi connectivity index (χ1) is 12.3. The zero-order valence-corrected chi connectivity index (χ0v) is 15.4. The Balaban J connectivity index is 2.22. The minimum Gasteiger partial charge on any atom is -0.437 e. The van der Waals surface area contributed by atoms with Crippen molar-refractivity contribution in [3.05, 3.63) is 65.7 Å². The maximum atomic E-state index is 13.7. The van der Waals surface area contributed by atoms with Gasteiger partial charge in [0.05, 0.1) is 4.90 Å². The molecule has 0 radical (unpaired) electrons. The van der Waals surface area contributed by atoms with E-state index in [1.54, 1.807) is 38.1 Å². The highest BCUT2D eigenvalue weighted by Crippen LogP contribution is 2.34. The van der Waals surface area contributed by atoms with Gasteiger partial charge in [0.2, 0.25) is 20.8 Å². The van der Waals surface area contributed by atoms with Gasteiger partial charge in [0, 0.05) is 12.7 Å². The lowest BCUT2D eigenvalue weighted by Crippen LogP contribution is -2.07. The molecule has 0 fully saturated rings. The third-order valence-electron chi connectivity index (χ3n) is 4.08. The molecule has 0 amide bonds. The van der Waals surface area contributed by atoms with Crippen molar-refractivity contribution in [1.29, 1.82) is 0 Å². The maximum Gasteiger partial charge on any atom is 0.228 e. The van der Waals surface area contributed by atoms with E-state index in [2.05, 4.69) is 4.98 Å². The third kappa shape index (κ3) is 3.27. The lowest BCUT2D eigenvalue weighted by molar-refractivity contribution is 0.0970. The molecule has 3 rings (SSSR count). The molecule has 0 saturated carbocycles. The lowest BCUT2D eigenvalue weighted by atomic mass is 10.1. The molecule has 0 aliphatic carbocycles. The van der Waals surface area contributed by atoms with Crippen LogP contribution >= 0.6 is 0 Å². The molecule has 0 bridgehead atoms. The summed E-state index contributed by atoms with van der Waals surface area (Å²) in [5, 5.41) is -0.225. The first-order valence-corrected chi connectivity index (χ1v) is 9.43. The number of aromatic nitrogens is 1.